The molecule has 2 aromatic heterocycles. The Hall–Kier alpha value is -3.47. The predicted molar refractivity (Wildman–Crippen MR) is 135 cm³/mol. The van der Waals surface area contributed by atoms with Crippen molar-refractivity contribution in [3.63, 3.8) is 0 Å². The topological polar surface area (TPSA) is 139 Å². The first kappa shape index (κ1) is 27.7. The first-order valence-electron chi connectivity index (χ1n) is 12.5. The summed E-state index contributed by atoms with van der Waals surface area (Å²) in [7, 11) is 0. The second-order valence-electron chi connectivity index (χ2n) is 9.78. The summed E-state index contributed by atoms with van der Waals surface area (Å²) < 4.78 is 68.3. The maximum absolute atomic E-state index is 13.9. The minimum absolute atomic E-state index is 0.0265. The van der Waals surface area contributed by atoms with E-state index in [0.29, 0.717) is 22.2 Å². The molecule has 216 valence electrons. The number of rotatable bonds is 5. The summed E-state index contributed by atoms with van der Waals surface area (Å²) in [5.41, 5.74) is -0.0531. The highest BCUT2D eigenvalue weighted by molar-refractivity contribution is 7.17. The Morgan fingerprint density at radius 2 is 1.93 bits per heavy atom. The molecule has 41 heavy (non-hydrogen) atoms. The second kappa shape index (κ2) is 10.4. The lowest BCUT2D eigenvalue weighted by Crippen LogP contribution is -2.69. The molecule has 0 saturated carbocycles. The van der Waals surface area contributed by atoms with E-state index < -0.39 is 72.0 Å². The molecule has 15 heteroatoms. The highest BCUT2D eigenvalue weighted by Crippen LogP contribution is 2.43. The molecule has 4 aromatic rings. The maximum atomic E-state index is 13.9. The third kappa shape index (κ3) is 4.58. The van der Waals surface area contributed by atoms with Crippen molar-refractivity contribution in [1.82, 2.24) is 20.3 Å². The standard InChI is InChI=1S/C26H22F4N4O6S/c27-12-1-2-19-13(7-12)14(10-41-19)25(38)31-20-3-4-39-26(20)24(37)22(23(36)18(9-35)40-26)34-8-17(32-33-34)11-5-15(28)21(30)16(29)6-11/h1-2,5-8,10,18,20,22-24,35-37H,3-4,9H2,(H,31,38)/t18-,20-,22+,23+,24-,26+/m1/s1. The molecule has 2 fully saturated rings. The van der Waals surface area contributed by atoms with Gasteiger partial charge in [0.25, 0.3) is 5.91 Å². The number of ether oxygens (including phenoxy) is 2. The molecular formula is C26H22F4N4O6S. The molecule has 2 saturated heterocycles. The van der Waals surface area contributed by atoms with Crippen LogP contribution in [0.4, 0.5) is 17.6 Å². The Morgan fingerprint density at radius 1 is 1.17 bits per heavy atom. The van der Waals surface area contributed by atoms with Gasteiger partial charge in [-0.15, -0.1) is 16.4 Å². The lowest BCUT2D eigenvalue weighted by Gasteiger charge is -2.49. The molecule has 2 aliphatic heterocycles. The van der Waals surface area contributed by atoms with Crippen LogP contribution in [-0.4, -0.2) is 79.6 Å². The fraction of sp³-hybridized carbons (Fsp3) is 0.346. The van der Waals surface area contributed by atoms with E-state index in [2.05, 4.69) is 15.6 Å². The van der Waals surface area contributed by atoms with Crippen molar-refractivity contribution in [3.05, 3.63) is 70.7 Å². The fourth-order valence-electron chi connectivity index (χ4n) is 5.36. The summed E-state index contributed by atoms with van der Waals surface area (Å²) in [5, 5.41) is 45.0. The molecule has 0 radical (unpaired) electrons. The van der Waals surface area contributed by atoms with Crippen LogP contribution in [0.25, 0.3) is 21.3 Å². The van der Waals surface area contributed by atoms with Crippen molar-refractivity contribution in [2.24, 2.45) is 0 Å². The number of benzene rings is 2. The number of nitrogens with zero attached hydrogens (tertiary/aromatic N) is 3. The zero-order valence-electron chi connectivity index (χ0n) is 20.9. The van der Waals surface area contributed by atoms with Crippen LogP contribution in [0, 0.1) is 23.3 Å². The van der Waals surface area contributed by atoms with E-state index in [1.807, 2.05) is 0 Å². The van der Waals surface area contributed by atoms with E-state index >= 15 is 0 Å². The van der Waals surface area contributed by atoms with E-state index in [1.54, 1.807) is 11.4 Å². The number of hydrogen-bond donors (Lipinski definition) is 4. The quantitative estimate of drug-likeness (QED) is 0.204. The van der Waals surface area contributed by atoms with Crippen LogP contribution in [0.5, 0.6) is 0 Å². The van der Waals surface area contributed by atoms with Crippen LogP contribution < -0.4 is 5.32 Å². The van der Waals surface area contributed by atoms with Crippen molar-refractivity contribution in [2.75, 3.05) is 13.2 Å². The van der Waals surface area contributed by atoms with Crippen LogP contribution >= 0.6 is 11.3 Å². The average molecular weight is 595 g/mol. The third-order valence-electron chi connectivity index (χ3n) is 7.38. The molecule has 2 aliphatic rings. The third-order valence-corrected chi connectivity index (χ3v) is 8.35. The van der Waals surface area contributed by atoms with Crippen LogP contribution in [0.2, 0.25) is 0 Å². The Bertz CT molecular complexity index is 1610. The van der Waals surface area contributed by atoms with Gasteiger partial charge in [0.2, 0.25) is 5.79 Å². The fourth-order valence-corrected chi connectivity index (χ4v) is 6.28. The lowest BCUT2D eigenvalue weighted by atomic mass is 9.86. The molecule has 6 atom stereocenters. The number of aromatic nitrogens is 3. The van der Waals surface area contributed by atoms with E-state index in [0.717, 1.165) is 4.68 Å². The summed E-state index contributed by atoms with van der Waals surface area (Å²) in [6.07, 6.45) is -3.24. The number of hydrogen-bond acceptors (Lipinski definition) is 9. The number of fused-ring (bicyclic) bond motifs is 1. The minimum Gasteiger partial charge on any atom is -0.394 e. The summed E-state index contributed by atoms with van der Waals surface area (Å²) in [5.74, 6) is -7.60. The first-order valence-corrected chi connectivity index (χ1v) is 13.3. The molecule has 1 amide bonds. The largest absolute Gasteiger partial charge is 0.394 e. The molecule has 10 nitrogen and oxygen atoms in total. The van der Waals surface area contributed by atoms with Gasteiger partial charge in [-0.05, 0) is 36.8 Å². The Labute approximate surface area is 232 Å². The van der Waals surface area contributed by atoms with Crippen molar-refractivity contribution in [2.45, 2.75) is 42.6 Å². The van der Waals surface area contributed by atoms with Crippen molar-refractivity contribution in [1.29, 1.82) is 0 Å². The molecule has 2 aromatic carbocycles. The highest BCUT2D eigenvalue weighted by atomic mass is 32.1. The van der Waals surface area contributed by atoms with Crippen LogP contribution in [0.15, 0.2) is 41.9 Å². The smallest absolute Gasteiger partial charge is 0.253 e. The molecule has 4 heterocycles. The van der Waals surface area contributed by atoms with Gasteiger partial charge in [-0.2, -0.15) is 0 Å². The van der Waals surface area contributed by atoms with E-state index in [4.69, 9.17) is 9.47 Å². The lowest BCUT2D eigenvalue weighted by molar-refractivity contribution is -0.344. The van der Waals surface area contributed by atoms with Crippen LogP contribution in [0.1, 0.15) is 22.8 Å². The molecule has 6 rings (SSSR count). The van der Waals surface area contributed by atoms with E-state index in [-0.39, 0.29) is 29.8 Å². The molecule has 1 spiro atoms. The summed E-state index contributed by atoms with van der Waals surface area (Å²) >= 11 is 1.25. The highest BCUT2D eigenvalue weighted by Gasteiger charge is 2.62. The SMILES string of the molecule is O=C(N[C@@H]1CCO[C@]12O[C@H](CO)[C@H](O)[C@H](n1cc(-c3cc(F)c(F)c(F)c3)nn1)[C@H]2O)c1csc2ccc(F)cc12. The molecule has 0 unspecified atom stereocenters. The van der Waals surface area contributed by atoms with Gasteiger partial charge in [0.05, 0.1) is 31.0 Å². The van der Waals surface area contributed by atoms with Crippen molar-refractivity contribution in [3.8, 4) is 11.3 Å². The number of carbonyl (C=O) groups excluding carboxylic acids is 1. The maximum Gasteiger partial charge on any atom is 0.253 e. The number of thiophene rings is 1. The number of aliphatic hydroxyl groups is 3. The number of amides is 1. The van der Waals surface area contributed by atoms with Gasteiger partial charge < -0.3 is 30.1 Å². The van der Waals surface area contributed by atoms with Crippen molar-refractivity contribution < 1.29 is 47.1 Å². The number of carbonyl (C=O) groups is 1. The van der Waals surface area contributed by atoms with Gasteiger partial charge in [-0.3, -0.25) is 4.79 Å². The Balaban J connectivity index is 1.32. The summed E-state index contributed by atoms with van der Waals surface area (Å²) in [6, 6.07) is 3.15. The van der Waals surface area contributed by atoms with Gasteiger partial charge in [0.15, 0.2) is 17.5 Å². The Kier molecular flexibility index (Phi) is 7.04. The number of halogens is 4. The average Bonchev–Trinajstić information content (AvgIpc) is 3.69. The molecule has 4 N–H and O–H groups in total. The predicted octanol–water partition coefficient (Wildman–Crippen LogP) is 2.29. The molecule has 0 aliphatic carbocycles. The monoisotopic (exact) mass is 594 g/mol. The summed E-state index contributed by atoms with van der Waals surface area (Å²) in [6.45, 7) is -0.681. The van der Waals surface area contributed by atoms with E-state index in [1.165, 1.54) is 29.7 Å². The van der Waals surface area contributed by atoms with Gasteiger partial charge in [0.1, 0.15) is 35.9 Å². The van der Waals surface area contributed by atoms with Gasteiger partial charge in [0, 0.05) is 21.0 Å². The normalized spacial score (nSPS) is 28.0. The second-order valence-corrected chi connectivity index (χ2v) is 10.7. The number of nitrogens with one attached hydrogen (secondary N) is 1. The van der Waals surface area contributed by atoms with Crippen LogP contribution in [0.3, 0.4) is 0 Å². The van der Waals surface area contributed by atoms with Gasteiger partial charge in [-0.1, -0.05) is 5.21 Å². The van der Waals surface area contributed by atoms with Crippen molar-refractivity contribution >= 4 is 27.3 Å². The first-order chi connectivity index (χ1) is 19.6. The zero-order chi connectivity index (χ0) is 29.1. The number of aliphatic hydroxyl groups excluding tert-OH is 3. The van der Waals surface area contributed by atoms with E-state index in [9.17, 15) is 37.7 Å². The zero-order valence-corrected chi connectivity index (χ0v) is 21.7. The molecular weight excluding hydrogens is 572 g/mol. The Morgan fingerprint density at radius 3 is 2.66 bits per heavy atom. The summed E-state index contributed by atoms with van der Waals surface area (Å²) in [4.78, 5) is 13.3. The van der Waals surface area contributed by atoms with Gasteiger partial charge in [-0.25, -0.2) is 22.2 Å². The van der Waals surface area contributed by atoms with Gasteiger partial charge >= 0.3 is 0 Å². The minimum atomic E-state index is -1.95. The van der Waals surface area contributed by atoms with Crippen LogP contribution in [-0.2, 0) is 9.47 Å². The molecule has 0 bridgehead atoms.